The van der Waals surface area contributed by atoms with E-state index in [2.05, 4.69) is 98.7 Å². The predicted octanol–water partition coefficient (Wildman–Crippen LogP) is 15.1. The smallest absolute Gasteiger partial charge is 0.200 e. The minimum absolute atomic E-state index is 0.0707. The van der Waals surface area contributed by atoms with Gasteiger partial charge >= 0.3 is 0 Å². The van der Waals surface area contributed by atoms with Crippen LogP contribution in [-0.4, -0.2) is 19.3 Å². The summed E-state index contributed by atoms with van der Waals surface area (Å²) in [5.41, 5.74) is 6.48. The molecule has 0 spiro atoms. The fourth-order valence-corrected chi connectivity index (χ4v) is 9.62. The molecule has 0 fully saturated rings. The largest absolute Gasteiger partial charge is 0.310 e. The van der Waals surface area contributed by atoms with Gasteiger partial charge in [0.2, 0.25) is 5.82 Å². The van der Waals surface area contributed by atoms with E-state index in [0.717, 1.165) is 61.4 Å². The summed E-state index contributed by atoms with van der Waals surface area (Å²) in [4.78, 5) is 7.14. The van der Waals surface area contributed by atoms with Crippen molar-refractivity contribution in [3.05, 3.63) is 185 Å². The molecule has 4 heterocycles. The van der Waals surface area contributed by atoms with Gasteiger partial charge in [0.25, 0.3) is 0 Å². The van der Waals surface area contributed by atoms with Crippen molar-refractivity contribution in [2.75, 3.05) is 4.90 Å². The van der Waals surface area contributed by atoms with Crippen LogP contribution in [-0.2, 0) is 16.2 Å². The Morgan fingerprint density at radius 3 is 1.85 bits per heavy atom. The summed E-state index contributed by atoms with van der Waals surface area (Å²) in [5.74, 6) is -9.32. The molecule has 1 aliphatic heterocycles. The first kappa shape index (κ1) is 41.9. The lowest BCUT2D eigenvalue weighted by Crippen LogP contribution is -2.31. The fourth-order valence-electron chi connectivity index (χ4n) is 9.62. The summed E-state index contributed by atoms with van der Waals surface area (Å²) in [5, 5.41) is 7.19. The lowest BCUT2D eigenvalue weighted by Gasteiger charge is -2.42. The number of hydrogen-bond acceptors (Lipinski definition) is 3. The Labute approximate surface area is 374 Å². The first-order valence-electron chi connectivity index (χ1n) is 21.6. The molecule has 0 amide bonds. The number of aromatic nitrogens is 4. The molecular formula is C55H46F5N5. The molecule has 0 saturated heterocycles. The number of nitrogens with zero attached hydrogens (tertiary/aromatic N) is 5. The van der Waals surface area contributed by atoms with Crippen LogP contribution in [0.4, 0.5) is 39.0 Å². The zero-order chi connectivity index (χ0) is 45.9. The van der Waals surface area contributed by atoms with Gasteiger partial charge in [-0.3, -0.25) is 4.57 Å². The van der Waals surface area contributed by atoms with Crippen LogP contribution in [0.25, 0.3) is 55.7 Å². The highest BCUT2D eigenvalue weighted by atomic mass is 19.2. The average molecular weight is 872 g/mol. The minimum Gasteiger partial charge on any atom is -0.310 e. The van der Waals surface area contributed by atoms with Crippen LogP contribution in [0.15, 0.2) is 134 Å². The second-order valence-corrected chi connectivity index (χ2v) is 19.4. The van der Waals surface area contributed by atoms with Gasteiger partial charge < -0.3 is 4.90 Å². The molecule has 1 aliphatic rings. The second kappa shape index (κ2) is 14.7. The van der Waals surface area contributed by atoms with Gasteiger partial charge in [-0.15, -0.1) is 0 Å². The van der Waals surface area contributed by atoms with Gasteiger partial charge in [0.15, 0.2) is 23.3 Å². The summed E-state index contributed by atoms with van der Waals surface area (Å²) in [6.45, 7) is 16.4. The van der Waals surface area contributed by atoms with E-state index in [9.17, 15) is 4.39 Å². The quantitative estimate of drug-likeness (QED) is 0.0982. The van der Waals surface area contributed by atoms with Crippen LogP contribution in [0.1, 0.15) is 77.8 Å². The normalized spacial score (nSPS) is 13.7. The number of pyridine rings is 1. The molecule has 0 unspecified atom stereocenters. The highest BCUT2D eigenvalue weighted by Gasteiger charge is 2.40. The van der Waals surface area contributed by atoms with E-state index in [4.69, 9.17) is 10.1 Å². The van der Waals surface area contributed by atoms with Crippen LogP contribution in [0, 0.1) is 29.1 Å². The van der Waals surface area contributed by atoms with Crippen molar-refractivity contribution >= 4 is 38.9 Å². The Balaban J connectivity index is 1.25. The van der Waals surface area contributed by atoms with Gasteiger partial charge in [-0.1, -0.05) is 134 Å². The average Bonchev–Trinajstić information content (AvgIpc) is 3.85. The molecule has 0 bridgehead atoms. The fraction of sp³-hybridized carbons (Fsp3) is 0.200. The standard InChI is InChI=1S/C55H46F5N5/c1-53(2,3)32-26-27-61-43(28-32)64-39-20-14-12-18-35(39)36-24-22-33(29-41(36)64)63-40-21-15-13-19-37(40)55(7,8)38-25-23-34(30-42(38)63)65-52(54(4,5)6)45(51(62-65)31-16-10-9-11-17-31)44-46(56)48(58)50(60)49(59)47(44)57/h9-30H,1-8H3. The minimum atomic E-state index is -2.22. The van der Waals surface area contributed by atoms with Crippen molar-refractivity contribution in [3.63, 3.8) is 0 Å². The van der Waals surface area contributed by atoms with Crippen molar-refractivity contribution in [2.45, 2.75) is 71.6 Å². The van der Waals surface area contributed by atoms with Crippen LogP contribution < -0.4 is 4.90 Å². The van der Waals surface area contributed by atoms with E-state index in [0.29, 0.717) is 11.3 Å². The number of halogens is 5. The molecule has 5 nitrogen and oxygen atoms in total. The van der Waals surface area contributed by atoms with Gasteiger partial charge in [-0.25, -0.2) is 31.6 Å². The Morgan fingerprint density at radius 2 is 1.14 bits per heavy atom. The van der Waals surface area contributed by atoms with Crippen molar-refractivity contribution in [1.82, 2.24) is 19.3 Å². The van der Waals surface area contributed by atoms with Crippen LogP contribution in [0.2, 0.25) is 0 Å². The zero-order valence-corrected chi connectivity index (χ0v) is 37.3. The van der Waals surface area contributed by atoms with Gasteiger partial charge in [-0.05, 0) is 70.6 Å². The van der Waals surface area contributed by atoms with Crippen molar-refractivity contribution in [2.24, 2.45) is 0 Å². The van der Waals surface area contributed by atoms with Crippen molar-refractivity contribution in [3.8, 4) is 33.9 Å². The number of anilines is 3. The molecule has 0 aliphatic carbocycles. The van der Waals surface area contributed by atoms with Gasteiger partial charge in [0.1, 0.15) is 11.5 Å². The maximum absolute atomic E-state index is 16.1. The summed E-state index contributed by atoms with van der Waals surface area (Å²) in [6.07, 6.45) is 1.86. The third-order valence-corrected chi connectivity index (χ3v) is 12.8. The Bertz CT molecular complexity index is 3360. The molecule has 3 aromatic heterocycles. The molecular weight excluding hydrogens is 826 g/mol. The second-order valence-electron chi connectivity index (χ2n) is 19.4. The number of benzene rings is 6. The molecule has 6 aromatic carbocycles. The monoisotopic (exact) mass is 871 g/mol. The summed E-state index contributed by atoms with van der Waals surface area (Å²) in [6, 6.07) is 41.9. The topological polar surface area (TPSA) is 38.9 Å². The van der Waals surface area contributed by atoms with Gasteiger partial charge in [0.05, 0.1) is 39.4 Å². The van der Waals surface area contributed by atoms with Crippen LogP contribution in [0.5, 0.6) is 0 Å². The highest BCUT2D eigenvalue weighted by molar-refractivity contribution is 6.10. The number of rotatable bonds is 5. The molecule has 10 heteroatoms. The SMILES string of the molecule is CC(C)(C)c1ccnc(-n2c3ccccc3c3ccc(N4c5ccccc5C(C)(C)c5ccc(-n6nc(-c7ccccc7)c(-c7c(F)c(F)c(F)c(F)c7F)c6C(C)(C)C)cc54)cc32)c1. The zero-order valence-electron chi connectivity index (χ0n) is 37.3. The van der Waals surface area contributed by atoms with Gasteiger partial charge in [-0.2, -0.15) is 5.10 Å². The van der Waals surface area contributed by atoms with E-state index in [1.807, 2.05) is 69.4 Å². The van der Waals surface area contributed by atoms with Crippen LogP contribution >= 0.6 is 0 Å². The molecule has 0 saturated carbocycles. The van der Waals surface area contributed by atoms with Gasteiger partial charge in [0, 0.05) is 44.6 Å². The van der Waals surface area contributed by atoms with Crippen molar-refractivity contribution in [1.29, 1.82) is 0 Å². The highest BCUT2D eigenvalue weighted by Crippen LogP contribution is 2.53. The molecule has 9 aromatic rings. The summed E-state index contributed by atoms with van der Waals surface area (Å²) >= 11 is 0. The lowest BCUT2D eigenvalue weighted by atomic mass is 9.73. The Morgan fingerprint density at radius 1 is 0.523 bits per heavy atom. The third-order valence-electron chi connectivity index (χ3n) is 12.8. The lowest BCUT2D eigenvalue weighted by molar-refractivity contribution is 0.381. The van der Waals surface area contributed by atoms with E-state index in [1.54, 1.807) is 35.0 Å². The third kappa shape index (κ3) is 6.47. The predicted molar refractivity (Wildman–Crippen MR) is 251 cm³/mol. The first-order valence-corrected chi connectivity index (χ1v) is 21.6. The molecule has 0 atom stereocenters. The molecule has 65 heavy (non-hydrogen) atoms. The number of hydrogen-bond donors (Lipinski definition) is 0. The number of fused-ring (bicyclic) bond motifs is 5. The number of para-hydroxylation sites is 2. The maximum atomic E-state index is 16.1. The molecule has 10 rings (SSSR count). The Kier molecular flexibility index (Phi) is 9.50. The summed E-state index contributed by atoms with van der Waals surface area (Å²) < 4.78 is 80.8. The van der Waals surface area contributed by atoms with E-state index in [1.165, 1.54) is 0 Å². The van der Waals surface area contributed by atoms with E-state index >= 15 is 17.6 Å². The van der Waals surface area contributed by atoms with Crippen LogP contribution in [0.3, 0.4) is 0 Å². The maximum Gasteiger partial charge on any atom is 0.200 e. The van der Waals surface area contributed by atoms with E-state index < -0.39 is 45.5 Å². The molecule has 0 radical (unpaired) electrons. The molecule has 0 N–H and O–H groups in total. The first-order chi connectivity index (χ1) is 30.9. The molecule has 326 valence electrons. The van der Waals surface area contributed by atoms with E-state index in [-0.39, 0.29) is 22.4 Å². The summed E-state index contributed by atoms with van der Waals surface area (Å²) in [7, 11) is 0. The Hall–Kier alpha value is -7.07. The van der Waals surface area contributed by atoms with Crippen molar-refractivity contribution < 1.29 is 22.0 Å².